The number of amides is 1. The van der Waals surface area contributed by atoms with E-state index in [2.05, 4.69) is 0 Å². The lowest BCUT2D eigenvalue weighted by Crippen LogP contribution is -2.44. The first kappa shape index (κ1) is 24.6. The lowest BCUT2D eigenvalue weighted by molar-refractivity contribution is 0.0745. The maximum absolute atomic E-state index is 13.6. The molecule has 9 heteroatoms. The van der Waals surface area contributed by atoms with E-state index in [1.807, 2.05) is 25.1 Å². The number of nitrogens with zero attached hydrogens (tertiary/aromatic N) is 3. The summed E-state index contributed by atoms with van der Waals surface area (Å²) >= 11 is 6.01. The number of carbonyl (C=O) groups is 1. The number of hydrogen-bond donors (Lipinski definition) is 1. The molecule has 3 aromatic rings. The number of rotatable bonds is 6. The van der Waals surface area contributed by atoms with Gasteiger partial charge in [-0.1, -0.05) is 23.7 Å². The first-order chi connectivity index (χ1) is 17.1. The Morgan fingerprint density at radius 2 is 1.97 bits per heavy atom. The Kier molecular flexibility index (Phi) is 6.43. The van der Waals surface area contributed by atoms with Gasteiger partial charge in [-0.05, 0) is 56.2 Å². The van der Waals surface area contributed by atoms with Gasteiger partial charge in [-0.2, -0.15) is 0 Å². The molecule has 0 saturated carbocycles. The number of hydrogen-bond acceptors (Lipinski definition) is 6. The monoisotopic (exact) mass is 511 g/mol. The number of carbonyl (C=O) groups excluding carboxylic acids is 1. The molecule has 1 aromatic heterocycles. The lowest BCUT2D eigenvalue weighted by atomic mass is 9.96. The molecule has 1 amide bonds. The Hall–Kier alpha value is -3.10. The molecule has 0 bridgehead atoms. The van der Waals surface area contributed by atoms with Gasteiger partial charge in [0.2, 0.25) is 0 Å². The van der Waals surface area contributed by atoms with E-state index in [4.69, 9.17) is 26.1 Å². The molecule has 0 spiro atoms. The van der Waals surface area contributed by atoms with Crippen molar-refractivity contribution in [3.05, 3.63) is 68.7 Å². The van der Waals surface area contributed by atoms with Gasteiger partial charge in [-0.3, -0.25) is 9.36 Å². The maximum Gasteiger partial charge on any atom is 0.410 e. The van der Waals surface area contributed by atoms with Gasteiger partial charge in [0.25, 0.3) is 5.56 Å². The fraction of sp³-hybridized carbons (Fsp3) is 0.444. The number of aryl methyl sites for hydroxylation is 1. The fourth-order valence-electron chi connectivity index (χ4n) is 5.02. The summed E-state index contributed by atoms with van der Waals surface area (Å²) in [5, 5.41) is 11.6. The summed E-state index contributed by atoms with van der Waals surface area (Å²) in [5.41, 5.74) is 1.18. The molecule has 36 heavy (non-hydrogen) atoms. The standard InChI is InChI=1S/C27H30ClN3O5/c1-16-29-23-10-18(13-27(2,3)34)24(36-21-8-9-30-20(11-21)15-35-26(30)33)12-22(23)25(32)31(16)14-17-4-6-19(28)7-5-17/h4-7,10,12,20-21,34H,8-9,11,13-15H2,1-3H3/t20-,21-/m0/s1. The minimum atomic E-state index is -0.973. The molecule has 5 rings (SSSR count). The molecule has 0 aliphatic carbocycles. The predicted octanol–water partition coefficient (Wildman–Crippen LogP) is 4.08. The zero-order valence-corrected chi connectivity index (χ0v) is 21.4. The van der Waals surface area contributed by atoms with Crippen LogP contribution in [0.3, 0.4) is 0 Å². The maximum atomic E-state index is 13.6. The molecular formula is C27H30ClN3O5. The number of piperidine rings is 1. The van der Waals surface area contributed by atoms with Crippen LogP contribution in [-0.4, -0.2) is 56.5 Å². The van der Waals surface area contributed by atoms with Crippen LogP contribution in [0.2, 0.25) is 5.02 Å². The van der Waals surface area contributed by atoms with Crippen molar-refractivity contribution in [1.82, 2.24) is 14.5 Å². The predicted molar refractivity (Wildman–Crippen MR) is 137 cm³/mol. The summed E-state index contributed by atoms with van der Waals surface area (Å²) in [6.45, 7) is 6.60. The van der Waals surface area contributed by atoms with Crippen LogP contribution in [0.25, 0.3) is 10.9 Å². The van der Waals surface area contributed by atoms with Crippen molar-refractivity contribution in [2.45, 2.75) is 64.3 Å². The second-order valence-corrected chi connectivity index (χ2v) is 10.8. The van der Waals surface area contributed by atoms with Crippen molar-refractivity contribution >= 4 is 28.6 Å². The van der Waals surface area contributed by atoms with Gasteiger partial charge in [0.1, 0.15) is 24.3 Å². The average molecular weight is 512 g/mol. The van der Waals surface area contributed by atoms with Crippen molar-refractivity contribution < 1.29 is 19.4 Å². The van der Waals surface area contributed by atoms with E-state index in [1.54, 1.807) is 41.5 Å². The highest BCUT2D eigenvalue weighted by Gasteiger charge is 2.39. The van der Waals surface area contributed by atoms with Crippen LogP contribution in [0, 0.1) is 6.92 Å². The zero-order chi connectivity index (χ0) is 25.6. The smallest absolute Gasteiger partial charge is 0.410 e. The van der Waals surface area contributed by atoms with E-state index >= 15 is 0 Å². The molecule has 1 N–H and O–H groups in total. The Labute approximate surface area is 214 Å². The van der Waals surface area contributed by atoms with E-state index in [0.717, 1.165) is 11.1 Å². The molecule has 2 saturated heterocycles. The van der Waals surface area contributed by atoms with Crippen molar-refractivity contribution in [2.24, 2.45) is 0 Å². The Bertz CT molecular complexity index is 1360. The summed E-state index contributed by atoms with van der Waals surface area (Å²) in [6, 6.07) is 11.0. The van der Waals surface area contributed by atoms with Crippen molar-refractivity contribution in [3.8, 4) is 5.75 Å². The summed E-state index contributed by atoms with van der Waals surface area (Å²) in [4.78, 5) is 31.9. The molecular weight excluding hydrogens is 482 g/mol. The molecule has 0 radical (unpaired) electrons. The van der Waals surface area contributed by atoms with Crippen LogP contribution >= 0.6 is 11.6 Å². The number of halogens is 1. The van der Waals surface area contributed by atoms with Crippen LogP contribution < -0.4 is 10.3 Å². The van der Waals surface area contributed by atoms with Crippen LogP contribution in [0.5, 0.6) is 5.75 Å². The van der Waals surface area contributed by atoms with Crippen LogP contribution in [0.1, 0.15) is 43.6 Å². The fourth-order valence-corrected chi connectivity index (χ4v) is 5.15. The molecule has 2 fully saturated rings. The zero-order valence-electron chi connectivity index (χ0n) is 20.7. The average Bonchev–Trinajstić information content (AvgIpc) is 3.18. The number of cyclic esters (lactones) is 1. The topological polar surface area (TPSA) is 93.9 Å². The lowest BCUT2D eigenvalue weighted by Gasteiger charge is -2.33. The minimum absolute atomic E-state index is 0.00430. The van der Waals surface area contributed by atoms with Crippen molar-refractivity contribution in [2.75, 3.05) is 13.2 Å². The molecule has 8 nitrogen and oxygen atoms in total. The molecule has 2 aromatic carbocycles. The molecule has 0 unspecified atom stereocenters. The quantitative estimate of drug-likeness (QED) is 0.536. The number of fused-ring (bicyclic) bond motifs is 2. The number of aliphatic hydroxyl groups is 1. The van der Waals surface area contributed by atoms with Gasteiger partial charge in [0.15, 0.2) is 0 Å². The van der Waals surface area contributed by atoms with Gasteiger partial charge < -0.3 is 19.5 Å². The number of ether oxygens (including phenoxy) is 2. The third-order valence-electron chi connectivity index (χ3n) is 6.80. The summed E-state index contributed by atoms with van der Waals surface area (Å²) < 4.78 is 13.3. The van der Waals surface area contributed by atoms with Crippen LogP contribution in [0.15, 0.2) is 41.2 Å². The second kappa shape index (κ2) is 9.41. The Balaban J connectivity index is 1.51. The first-order valence-electron chi connectivity index (χ1n) is 12.2. The van der Waals surface area contributed by atoms with Gasteiger partial charge in [-0.25, -0.2) is 9.78 Å². The van der Waals surface area contributed by atoms with E-state index in [9.17, 15) is 14.7 Å². The van der Waals surface area contributed by atoms with Gasteiger partial charge in [0.05, 0.1) is 29.1 Å². The summed E-state index contributed by atoms with van der Waals surface area (Å²) in [7, 11) is 0. The van der Waals surface area contributed by atoms with Crippen LogP contribution in [-0.2, 0) is 17.7 Å². The SMILES string of the molecule is Cc1nc2cc(CC(C)(C)O)c(O[C@H]3CCN4C(=O)OC[C@@H]4C3)cc2c(=O)n1Cc1ccc(Cl)cc1. The molecule has 190 valence electrons. The van der Waals surface area contributed by atoms with E-state index in [0.29, 0.717) is 66.5 Å². The van der Waals surface area contributed by atoms with E-state index in [-0.39, 0.29) is 23.8 Å². The van der Waals surface area contributed by atoms with Crippen molar-refractivity contribution in [3.63, 3.8) is 0 Å². The highest BCUT2D eigenvalue weighted by molar-refractivity contribution is 6.30. The second-order valence-electron chi connectivity index (χ2n) is 10.3. The molecule has 2 aliphatic heterocycles. The minimum Gasteiger partial charge on any atom is -0.490 e. The van der Waals surface area contributed by atoms with Gasteiger partial charge in [0, 0.05) is 30.8 Å². The highest BCUT2D eigenvalue weighted by Crippen LogP contribution is 2.32. The number of benzene rings is 2. The Morgan fingerprint density at radius 1 is 1.22 bits per heavy atom. The van der Waals surface area contributed by atoms with E-state index in [1.165, 1.54) is 0 Å². The van der Waals surface area contributed by atoms with Gasteiger partial charge in [-0.15, -0.1) is 0 Å². The number of aromatic nitrogens is 2. The highest BCUT2D eigenvalue weighted by atomic mass is 35.5. The normalized spacial score (nSPS) is 19.9. The third-order valence-corrected chi connectivity index (χ3v) is 7.05. The summed E-state index contributed by atoms with van der Waals surface area (Å²) in [6.07, 6.45) is 1.26. The molecule has 3 heterocycles. The molecule has 2 atom stereocenters. The van der Waals surface area contributed by atoms with Crippen LogP contribution in [0.4, 0.5) is 4.79 Å². The Morgan fingerprint density at radius 3 is 2.69 bits per heavy atom. The van der Waals surface area contributed by atoms with Gasteiger partial charge >= 0.3 is 6.09 Å². The first-order valence-corrected chi connectivity index (χ1v) is 12.6. The summed E-state index contributed by atoms with van der Waals surface area (Å²) in [5.74, 6) is 1.16. The van der Waals surface area contributed by atoms with E-state index < -0.39 is 5.60 Å². The molecule has 2 aliphatic rings. The largest absolute Gasteiger partial charge is 0.490 e. The third kappa shape index (κ3) is 5.06. The van der Waals surface area contributed by atoms with Crippen molar-refractivity contribution in [1.29, 1.82) is 0 Å².